The van der Waals surface area contributed by atoms with Gasteiger partial charge in [-0.25, -0.2) is 0 Å². The number of hydrogen-bond acceptors (Lipinski definition) is 2. The van der Waals surface area contributed by atoms with Crippen LogP contribution in [0.3, 0.4) is 0 Å². The molecule has 0 radical (unpaired) electrons. The van der Waals surface area contributed by atoms with E-state index in [1.165, 1.54) is 0 Å². The minimum atomic E-state index is -0.397. The first kappa shape index (κ1) is 17.7. The SMILES string of the molecule is C=C/C=C\C=C(/C)N(C(=N)C1C=CC=CC1)C(N)c1ccccc1. The molecule has 0 saturated carbocycles. The van der Waals surface area contributed by atoms with Crippen LogP contribution in [0.2, 0.25) is 0 Å². The van der Waals surface area contributed by atoms with Crippen molar-refractivity contribution in [2.24, 2.45) is 11.7 Å². The summed E-state index contributed by atoms with van der Waals surface area (Å²) in [4.78, 5) is 1.90. The van der Waals surface area contributed by atoms with E-state index in [2.05, 4.69) is 18.7 Å². The maximum atomic E-state index is 8.71. The zero-order chi connectivity index (χ0) is 17.4. The lowest BCUT2D eigenvalue weighted by Gasteiger charge is -2.35. The van der Waals surface area contributed by atoms with Gasteiger partial charge >= 0.3 is 0 Å². The van der Waals surface area contributed by atoms with Gasteiger partial charge in [-0.15, -0.1) is 0 Å². The number of hydrogen-bond donors (Lipinski definition) is 2. The minimum Gasteiger partial charge on any atom is -0.314 e. The molecule has 1 aliphatic carbocycles. The van der Waals surface area contributed by atoms with Crippen molar-refractivity contribution in [3.63, 3.8) is 0 Å². The first-order valence-electron chi connectivity index (χ1n) is 8.12. The van der Waals surface area contributed by atoms with Crippen LogP contribution < -0.4 is 5.73 Å². The Morgan fingerprint density at radius 1 is 1.29 bits per heavy atom. The summed E-state index contributed by atoms with van der Waals surface area (Å²) >= 11 is 0. The van der Waals surface area contributed by atoms with E-state index in [0.29, 0.717) is 5.84 Å². The van der Waals surface area contributed by atoms with E-state index in [4.69, 9.17) is 11.1 Å². The Labute approximate surface area is 144 Å². The Balaban J connectivity index is 2.33. The zero-order valence-electron chi connectivity index (χ0n) is 14.1. The van der Waals surface area contributed by atoms with Crippen LogP contribution in [-0.2, 0) is 0 Å². The predicted octanol–water partition coefficient (Wildman–Crippen LogP) is 4.70. The molecule has 0 bridgehead atoms. The van der Waals surface area contributed by atoms with Crippen LogP contribution in [0.5, 0.6) is 0 Å². The lowest BCUT2D eigenvalue weighted by Crippen LogP contribution is -2.41. The molecule has 0 amide bonds. The topological polar surface area (TPSA) is 53.1 Å². The normalized spacial score (nSPS) is 18.6. The van der Waals surface area contributed by atoms with Crippen LogP contribution in [0.15, 0.2) is 91.2 Å². The highest BCUT2D eigenvalue weighted by atomic mass is 15.3. The minimum absolute atomic E-state index is 0.0384. The molecule has 24 heavy (non-hydrogen) atoms. The van der Waals surface area contributed by atoms with Gasteiger partial charge in [-0.05, 0) is 25.0 Å². The Kier molecular flexibility index (Phi) is 6.52. The van der Waals surface area contributed by atoms with Crippen molar-refractivity contribution >= 4 is 5.84 Å². The maximum Gasteiger partial charge on any atom is 0.109 e. The van der Waals surface area contributed by atoms with Gasteiger partial charge in [0.15, 0.2) is 0 Å². The molecule has 0 aliphatic heterocycles. The van der Waals surface area contributed by atoms with Gasteiger partial charge in [0.2, 0.25) is 0 Å². The molecule has 124 valence electrons. The second kappa shape index (κ2) is 8.85. The average Bonchev–Trinajstić information content (AvgIpc) is 2.63. The molecule has 3 nitrogen and oxygen atoms in total. The number of nitrogens with zero attached hydrogens (tertiary/aromatic N) is 1. The van der Waals surface area contributed by atoms with Crippen molar-refractivity contribution in [1.29, 1.82) is 5.41 Å². The van der Waals surface area contributed by atoms with Crippen LogP contribution >= 0.6 is 0 Å². The lowest BCUT2D eigenvalue weighted by molar-refractivity contribution is 0.376. The van der Waals surface area contributed by atoms with Gasteiger partial charge in [0.1, 0.15) is 12.0 Å². The third-order valence-corrected chi connectivity index (χ3v) is 3.98. The molecule has 1 aromatic rings. The predicted molar refractivity (Wildman–Crippen MR) is 102 cm³/mol. The van der Waals surface area contributed by atoms with Gasteiger partial charge in [-0.2, -0.15) is 0 Å². The highest BCUT2D eigenvalue weighted by Gasteiger charge is 2.25. The van der Waals surface area contributed by atoms with E-state index < -0.39 is 6.17 Å². The lowest BCUT2D eigenvalue weighted by atomic mass is 9.97. The summed E-state index contributed by atoms with van der Waals surface area (Å²) in [6, 6.07) is 9.90. The fourth-order valence-corrected chi connectivity index (χ4v) is 2.67. The monoisotopic (exact) mass is 319 g/mol. The Morgan fingerprint density at radius 3 is 2.67 bits per heavy atom. The number of nitrogens with one attached hydrogen (secondary N) is 1. The van der Waals surface area contributed by atoms with Crippen LogP contribution in [0.1, 0.15) is 25.1 Å². The molecule has 0 heterocycles. The molecule has 0 aromatic heterocycles. The van der Waals surface area contributed by atoms with E-state index >= 15 is 0 Å². The number of amidine groups is 1. The smallest absolute Gasteiger partial charge is 0.109 e. The third kappa shape index (κ3) is 4.43. The first-order chi connectivity index (χ1) is 11.6. The molecule has 1 aliphatic rings. The molecule has 3 heteroatoms. The summed E-state index contributed by atoms with van der Waals surface area (Å²) in [7, 11) is 0. The number of nitrogens with two attached hydrogens (primary N) is 1. The highest BCUT2D eigenvalue weighted by molar-refractivity contribution is 5.85. The number of allylic oxidation sites excluding steroid dienone is 8. The molecule has 1 aromatic carbocycles. The fraction of sp³-hybridized carbons (Fsp3) is 0.190. The summed E-state index contributed by atoms with van der Waals surface area (Å²) in [5, 5.41) is 8.71. The molecular weight excluding hydrogens is 294 g/mol. The number of rotatable bonds is 6. The third-order valence-electron chi connectivity index (χ3n) is 3.98. The zero-order valence-corrected chi connectivity index (χ0v) is 14.1. The average molecular weight is 319 g/mol. The maximum absolute atomic E-state index is 8.71. The molecule has 2 atom stereocenters. The van der Waals surface area contributed by atoms with Crippen molar-refractivity contribution in [3.05, 3.63) is 96.8 Å². The molecule has 0 spiro atoms. The van der Waals surface area contributed by atoms with Crippen LogP contribution in [0, 0.1) is 11.3 Å². The van der Waals surface area contributed by atoms with Gasteiger partial charge < -0.3 is 10.6 Å². The van der Waals surface area contributed by atoms with Crippen LogP contribution in [-0.4, -0.2) is 10.7 Å². The summed E-state index contributed by atoms with van der Waals surface area (Å²) in [5.74, 6) is 0.546. The van der Waals surface area contributed by atoms with Gasteiger partial charge in [-0.1, -0.05) is 79.4 Å². The molecule has 2 rings (SSSR count). The largest absolute Gasteiger partial charge is 0.314 e. The van der Waals surface area contributed by atoms with Crippen LogP contribution in [0.4, 0.5) is 0 Å². The van der Waals surface area contributed by atoms with Crippen LogP contribution in [0.25, 0.3) is 0 Å². The second-order valence-electron chi connectivity index (χ2n) is 5.69. The van der Waals surface area contributed by atoms with Crippen molar-refractivity contribution < 1.29 is 0 Å². The summed E-state index contributed by atoms with van der Waals surface area (Å²) in [5.41, 5.74) is 8.42. The molecule has 2 unspecified atom stereocenters. The quantitative estimate of drug-likeness (QED) is 0.345. The van der Waals surface area contributed by atoms with Crippen molar-refractivity contribution in [3.8, 4) is 0 Å². The van der Waals surface area contributed by atoms with Crippen molar-refractivity contribution in [2.45, 2.75) is 19.5 Å². The van der Waals surface area contributed by atoms with E-state index in [1.54, 1.807) is 6.08 Å². The van der Waals surface area contributed by atoms with Gasteiger partial charge in [0.25, 0.3) is 0 Å². The van der Waals surface area contributed by atoms with E-state index in [1.807, 2.05) is 72.5 Å². The summed E-state index contributed by atoms with van der Waals surface area (Å²) in [6.45, 7) is 5.66. The Hall–Kier alpha value is -2.65. The van der Waals surface area contributed by atoms with Gasteiger partial charge in [0, 0.05) is 11.6 Å². The second-order valence-corrected chi connectivity index (χ2v) is 5.69. The first-order valence-corrected chi connectivity index (χ1v) is 8.12. The number of benzene rings is 1. The van der Waals surface area contributed by atoms with Crippen molar-refractivity contribution in [2.75, 3.05) is 0 Å². The molecule has 0 saturated heterocycles. The van der Waals surface area contributed by atoms with Gasteiger partial charge in [-0.3, -0.25) is 5.41 Å². The van der Waals surface area contributed by atoms with Crippen molar-refractivity contribution in [1.82, 2.24) is 4.90 Å². The Bertz CT molecular complexity index is 680. The van der Waals surface area contributed by atoms with E-state index in [0.717, 1.165) is 17.7 Å². The fourth-order valence-electron chi connectivity index (χ4n) is 2.67. The van der Waals surface area contributed by atoms with E-state index in [-0.39, 0.29) is 5.92 Å². The highest BCUT2D eigenvalue weighted by Crippen LogP contribution is 2.25. The van der Waals surface area contributed by atoms with Gasteiger partial charge in [0.05, 0.1) is 0 Å². The summed E-state index contributed by atoms with van der Waals surface area (Å²) in [6.07, 6.45) is 16.0. The standard InChI is InChI=1S/C21H25N3/c1-3-4-7-12-17(2)24(20(22)18-13-8-5-9-14-18)21(23)19-15-10-6-11-16-19/h3-15,19-20,23H,1,16,22H2,2H3/b7-4-,17-12+,23-21?. The van der Waals surface area contributed by atoms with E-state index in [9.17, 15) is 0 Å². The molecular formula is C21H25N3. The molecule has 3 N–H and O–H groups in total. The Morgan fingerprint density at radius 2 is 2.04 bits per heavy atom. The molecule has 0 fully saturated rings. The summed E-state index contributed by atoms with van der Waals surface area (Å²) < 4.78 is 0.